The highest BCUT2D eigenvalue weighted by atomic mass is 79.9. The fourth-order valence-electron chi connectivity index (χ4n) is 2.88. The van der Waals surface area contributed by atoms with Crippen molar-refractivity contribution < 1.29 is 14.7 Å². The van der Waals surface area contributed by atoms with Crippen molar-refractivity contribution in [3.63, 3.8) is 0 Å². The van der Waals surface area contributed by atoms with E-state index in [4.69, 9.17) is 15.7 Å². The first-order valence-electron chi connectivity index (χ1n) is 9.20. The van der Waals surface area contributed by atoms with E-state index in [0.717, 1.165) is 23.0 Å². The van der Waals surface area contributed by atoms with E-state index in [-0.39, 0.29) is 0 Å². The monoisotopic (exact) mass is 451 g/mol. The van der Waals surface area contributed by atoms with Crippen LogP contribution in [0.1, 0.15) is 37.7 Å². The molecule has 152 valence electrons. The zero-order valence-corrected chi connectivity index (χ0v) is 17.9. The first-order chi connectivity index (χ1) is 13.7. The number of nitrogens with one attached hydrogen (secondary N) is 1. The number of nitrogens with zero attached hydrogens (tertiary/aromatic N) is 4. The van der Waals surface area contributed by atoms with Crippen LogP contribution in [0.2, 0.25) is 0 Å². The van der Waals surface area contributed by atoms with Crippen LogP contribution in [-0.2, 0) is 6.54 Å². The summed E-state index contributed by atoms with van der Waals surface area (Å²) in [7, 11) is 2.62. The minimum absolute atomic E-state index is 0.436. The molecule has 0 saturated heterocycles. The third kappa shape index (κ3) is 6.07. The average Bonchev–Trinajstić information content (AvgIpc) is 3.42. The molecule has 28 heavy (non-hydrogen) atoms. The average molecular weight is 452 g/mol. The van der Waals surface area contributed by atoms with Gasteiger partial charge in [0.05, 0.1) is 10.7 Å². The highest BCUT2D eigenvalue weighted by Crippen LogP contribution is 2.21. The second-order valence-corrected chi connectivity index (χ2v) is 7.02. The summed E-state index contributed by atoms with van der Waals surface area (Å²) in [6.45, 7) is 0.611. The van der Waals surface area contributed by atoms with Gasteiger partial charge < -0.3 is 16.2 Å². The Kier molecular flexibility index (Phi) is 8.96. The van der Waals surface area contributed by atoms with Gasteiger partial charge in [-0.25, -0.2) is 4.98 Å². The summed E-state index contributed by atoms with van der Waals surface area (Å²) >= 11 is 3.40. The Morgan fingerprint density at radius 2 is 1.96 bits per heavy atom. The predicted molar refractivity (Wildman–Crippen MR) is 113 cm³/mol. The lowest BCUT2D eigenvalue weighted by molar-refractivity contribution is -0.885. The lowest BCUT2D eigenvalue weighted by atomic mass is 10.3. The van der Waals surface area contributed by atoms with Gasteiger partial charge in [-0.2, -0.15) is 9.61 Å². The summed E-state index contributed by atoms with van der Waals surface area (Å²) in [6, 6.07) is 5.67. The Hall–Kier alpha value is -2.39. The molecule has 3 aromatic heterocycles. The molecule has 1 saturated carbocycles. The Morgan fingerprint density at radius 1 is 1.29 bits per heavy atom. The highest BCUT2D eigenvalue weighted by molar-refractivity contribution is 9.10. The fraction of sp³-hybridized carbons (Fsp3) is 0.421. The maximum Gasteiger partial charge on any atom is 0.227 e. The van der Waals surface area contributed by atoms with Crippen molar-refractivity contribution >= 4 is 33.2 Å². The number of fused-ring (bicyclic) bond motifs is 1. The summed E-state index contributed by atoms with van der Waals surface area (Å²) in [4.78, 5) is 9.38. The summed E-state index contributed by atoms with van der Waals surface area (Å²) in [5, 5.41) is 14.6. The minimum Gasteiger partial charge on any atom is -0.400 e. The van der Waals surface area contributed by atoms with Gasteiger partial charge in [0.2, 0.25) is 12.4 Å². The second-order valence-electron chi connectivity index (χ2n) is 6.17. The molecule has 3 aromatic rings. The maximum atomic E-state index is 7.00. The number of nitrogen functional groups attached to an aromatic ring is 1. The van der Waals surface area contributed by atoms with E-state index in [2.05, 4.69) is 31.3 Å². The minimum atomic E-state index is 0.436. The molecule has 0 spiro atoms. The lowest BCUT2D eigenvalue weighted by Crippen LogP contribution is -2.40. The van der Waals surface area contributed by atoms with Crippen LogP contribution < -0.4 is 20.6 Å². The first kappa shape index (κ1) is 21.9. The van der Waals surface area contributed by atoms with Crippen LogP contribution in [0.15, 0.2) is 41.3 Å². The summed E-state index contributed by atoms with van der Waals surface area (Å²) < 4.78 is 4.14. The number of nitrogens with two attached hydrogens (primary N) is 1. The van der Waals surface area contributed by atoms with Gasteiger partial charge in [0.15, 0.2) is 5.65 Å². The van der Waals surface area contributed by atoms with E-state index >= 15 is 0 Å². The number of aliphatic hydroxyl groups excluding tert-OH is 1. The van der Waals surface area contributed by atoms with Crippen LogP contribution in [0.5, 0.6) is 0 Å². The summed E-state index contributed by atoms with van der Waals surface area (Å²) in [6.07, 6.45) is 12.9. The van der Waals surface area contributed by atoms with Gasteiger partial charge in [0.25, 0.3) is 0 Å². The molecular formula is C19H28BrN6O2+. The zero-order valence-electron chi connectivity index (χ0n) is 16.3. The second kappa shape index (κ2) is 11.5. The molecule has 0 bridgehead atoms. The summed E-state index contributed by atoms with van der Waals surface area (Å²) in [5.74, 6) is 1.21. The van der Waals surface area contributed by atoms with E-state index < -0.39 is 0 Å². The molecule has 4 N–H and O–H groups in total. The molecule has 0 atom stereocenters. The molecule has 0 radical (unpaired) electrons. The highest BCUT2D eigenvalue weighted by Gasteiger charge is 2.09. The molecule has 0 amide bonds. The van der Waals surface area contributed by atoms with Gasteiger partial charge in [0, 0.05) is 36.1 Å². The number of aliphatic hydroxyl groups is 1. The number of aromatic nitrogens is 4. The van der Waals surface area contributed by atoms with Crippen molar-refractivity contribution in [2.75, 3.05) is 25.3 Å². The van der Waals surface area contributed by atoms with Crippen LogP contribution in [0, 0.1) is 0 Å². The molecule has 0 unspecified atom stereocenters. The predicted octanol–water partition coefficient (Wildman–Crippen LogP) is 2.59. The van der Waals surface area contributed by atoms with E-state index in [9.17, 15) is 0 Å². The number of hydrogen-bond acceptors (Lipinski definition) is 6. The number of hydrogen-bond donors (Lipinski definition) is 3. The third-order valence-corrected chi connectivity index (χ3v) is 4.78. The Labute approximate surface area is 173 Å². The molecular weight excluding hydrogens is 424 g/mol. The van der Waals surface area contributed by atoms with Crippen molar-refractivity contribution in [3.8, 4) is 0 Å². The number of halogens is 1. The molecule has 9 heteroatoms. The van der Waals surface area contributed by atoms with Crippen molar-refractivity contribution in [2.45, 2.75) is 38.6 Å². The van der Waals surface area contributed by atoms with Gasteiger partial charge in [-0.1, -0.05) is 32.1 Å². The van der Waals surface area contributed by atoms with E-state index in [1.807, 2.05) is 24.5 Å². The molecule has 1 aliphatic carbocycles. The molecule has 1 fully saturated rings. The smallest absolute Gasteiger partial charge is 0.227 e. The molecule has 3 heterocycles. The third-order valence-electron chi connectivity index (χ3n) is 4.22. The van der Waals surface area contributed by atoms with Crippen LogP contribution in [0.3, 0.4) is 0 Å². The molecule has 0 aromatic carbocycles. The molecule has 8 nitrogen and oxygen atoms in total. The van der Waals surface area contributed by atoms with Gasteiger partial charge in [-0.05, 0) is 22.0 Å². The van der Waals surface area contributed by atoms with Crippen molar-refractivity contribution in [3.05, 3.63) is 46.8 Å². The largest absolute Gasteiger partial charge is 0.400 e. The molecule has 1 aliphatic rings. The van der Waals surface area contributed by atoms with Crippen molar-refractivity contribution in [2.24, 2.45) is 0 Å². The van der Waals surface area contributed by atoms with E-state index in [0.29, 0.717) is 18.0 Å². The number of anilines is 2. The van der Waals surface area contributed by atoms with Crippen LogP contribution in [-0.4, -0.2) is 33.9 Å². The van der Waals surface area contributed by atoms with Gasteiger partial charge in [0.1, 0.15) is 18.7 Å². The quantitative estimate of drug-likeness (QED) is 0.526. The van der Waals surface area contributed by atoms with Gasteiger partial charge in [-0.15, -0.1) is 0 Å². The maximum absolute atomic E-state index is 7.00. The number of rotatable bonds is 4. The van der Waals surface area contributed by atoms with Crippen LogP contribution >= 0.6 is 15.9 Å². The van der Waals surface area contributed by atoms with E-state index in [1.165, 1.54) is 32.1 Å². The van der Waals surface area contributed by atoms with Gasteiger partial charge >= 0.3 is 0 Å². The lowest BCUT2D eigenvalue weighted by Gasteiger charge is -2.08. The topological polar surface area (TPSA) is 102 Å². The molecule has 0 aliphatic heterocycles. The number of pyridine rings is 1. The first-order valence-corrected chi connectivity index (χ1v) is 9.99. The zero-order chi connectivity index (χ0) is 20.4. The fourth-order valence-corrected chi connectivity index (χ4v) is 3.22. The Bertz CT molecular complexity index is 859. The normalized spacial score (nSPS) is 12.6. The van der Waals surface area contributed by atoms with Crippen LogP contribution in [0.25, 0.3) is 5.65 Å². The standard InChI is InChI=1S/C13H14BrN6O.C5H10.CH4O/c1-21-19-4-2-3-9(8-19)6-16-12-5-11(15)18-13-10(14)7-17-20(12)13;1-2-4-5-3-1;1-2/h2-5,7-8,16H,6H2,1H3,(H2,15,18);1-5H2;2H,1H3/q+1;;. The SMILES string of the molecule is C1CCCC1.CO.CO[n+]1cccc(CNc2cc(N)nc3c(Br)cnn23)c1. The van der Waals surface area contributed by atoms with Gasteiger partial charge in [-0.3, -0.25) is 4.84 Å². The molecule has 4 rings (SSSR count). The van der Waals surface area contributed by atoms with Crippen molar-refractivity contribution in [1.29, 1.82) is 0 Å². The summed E-state index contributed by atoms with van der Waals surface area (Å²) in [5.41, 5.74) is 7.57. The Balaban J connectivity index is 0.000000342. The van der Waals surface area contributed by atoms with Crippen molar-refractivity contribution in [1.82, 2.24) is 14.6 Å². The van der Waals surface area contributed by atoms with Crippen LogP contribution in [0.4, 0.5) is 11.6 Å². The van der Waals surface area contributed by atoms with E-state index in [1.54, 1.807) is 28.6 Å². The Morgan fingerprint density at radius 3 is 2.61 bits per heavy atom.